The van der Waals surface area contributed by atoms with Crippen molar-refractivity contribution in [1.29, 1.82) is 0 Å². The molecule has 2 N–H and O–H groups in total. The van der Waals surface area contributed by atoms with E-state index in [1.54, 1.807) is 11.3 Å². The minimum absolute atomic E-state index is 0.0576. The molecule has 0 unspecified atom stereocenters. The predicted octanol–water partition coefficient (Wildman–Crippen LogP) is 1.21. The summed E-state index contributed by atoms with van der Waals surface area (Å²) in [5, 5.41) is 0.0576. The van der Waals surface area contributed by atoms with Crippen LogP contribution in [0.5, 0.6) is 0 Å². The number of thioether (sulfide) groups is 1. The maximum absolute atomic E-state index is 10.9. The molecule has 0 saturated carbocycles. The van der Waals surface area contributed by atoms with Gasteiger partial charge in [-0.1, -0.05) is 11.8 Å². The lowest BCUT2D eigenvalue weighted by atomic mass is 10.3. The smallest absolute Gasteiger partial charge is 0.202 e. The maximum Gasteiger partial charge on any atom is 0.202 e. The van der Waals surface area contributed by atoms with Crippen molar-refractivity contribution in [3.63, 3.8) is 0 Å². The number of thiazole rings is 1. The normalized spacial score (nSPS) is 10.3. The van der Waals surface area contributed by atoms with Gasteiger partial charge >= 0.3 is 0 Å². The lowest BCUT2D eigenvalue weighted by molar-refractivity contribution is -0.109. The number of aryl methyl sites for hydroxylation is 2. The standard InChI is InChI=1S/C8H12N2OS2/c1-6-7(13-5-10-6)2-3-12-8(11)4-9/h5H,2-4,9H2,1H3. The average molecular weight is 216 g/mol. The van der Waals surface area contributed by atoms with Crippen LogP contribution in [0.25, 0.3) is 0 Å². The molecule has 0 radical (unpaired) electrons. The maximum atomic E-state index is 10.9. The molecule has 3 nitrogen and oxygen atoms in total. The van der Waals surface area contributed by atoms with Crippen LogP contribution in [0.1, 0.15) is 10.6 Å². The molecule has 1 rings (SSSR count). The molecule has 13 heavy (non-hydrogen) atoms. The number of nitrogens with two attached hydrogens (primary N) is 1. The van der Waals surface area contributed by atoms with E-state index in [2.05, 4.69) is 4.98 Å². The molecule has 1 heterocycles. The number of nitrogens with zero attached hydrogens (tertiary/aromatic N) is 1. The fourth-order valence-electron chi connectivity index (χ4n) is 0.883. The number of rotatable bonds is 4. The van der Waals surface area contributed by atoms with Gasteiger partial charge in [-0.3, -0.25) is 4.79 Å². The molecule has 0 aliphatic rings. The van der Waals surface area contributed by atoms with Gasteiger partial charge in [0.25, 0.3) is 0 Å². The third-order valence-electron chi connectivity index (χ3n) is 1.60. The molecule has 0 bridgehead atoms. The summed E-state index contributed by atoms with van der Waals surface area (Å²) in [4.78, 5) is 16.2. The van der Waals surface area contributed by atoms with Crippen molar-refractivity contribution in [3.05, 3.63) is 16.1 Å². The van der Waals surface area contributed by atoms with Crippen molar-refractivity contribution in [2.24, 2.45) is 5.73 Å². The summed E-state index contributed by atoms with van der Waals surface area (Å²) in [5.74, 6) is 0.805. The molecule has 0 aromatic carbocycles. The largest absolute Gasteiger partial charge is 0.323 e. The Morgan fingerprint density at radius 3 is 3.08 bits per heavy atom. The lowest BCUT2D eigenvalue weighted by Gasteiger charge is -1.97. The molecular formula is C8H12N2OS2. The molecule has 1 aromatic heterocycles. The monoisotopic (exact) mass is 216 g/mol. The molecule has 0 spiro atoms. The molecule has 0 atom stereocenters. The Labute approximate surface area is 85.7 Å². The Balaban J connectivity index is 2.28. The summed E-state index contributed by atoms with van der Waals surface area (Å²) in [7, 11) is 0. The Morgan fingerprint density at radius 1 is 1.77 bits per heavy atom. The lowest BCUT2D eigenvalue weighted by Crippen LogP contribution is -2.10. The molecule has 0 saturated heterocycles. The highest BCUT2D eigenvalue weighted by Crippen LogP contribution is 2.15. The number of carbonyl (C=O) groups is 1. The number of aromatic nitrogens is 1. The molecule has 72 valence electrons. The molecule has 0 amide bonds. The van der Waals surface area contributed by atoms with Crippen LogP contribution in [-0.2, 0) is 11.2 Å². The molecule has 1 aromatic rings. The van der Waals surface area contributed by atoms with Gasteiger partial charge in [0.1, 0.15) is 0 Å². The third-order valence-corrected chi connectivity index (χ3v) is 3.50. The Bertz CT molecular complexity index is 285. The van der Waals surface area contributed by atoms with Crippen LogP contribution in [0.15, 0.2) is 5.51 Å². The number of hydrogen-bond donors (Lipinski definition) is 1. The summed E-state index contributed by atoms with van der Waals surface area (Å²) >= 11 is 2.94. The second-order valence-electron chi connectivity index (χ2n) is 2.54. The zero-order valence-electron chi connectivity index (χ0n) is 7.45. The first-order valence-electron chi connectivity index (χ1n) is 3.98. The average Bonchev–Trinajstić information content (AvgIpc) is 2.52. The van der Waals surface area contributed by atoms with E-state index in [1.165, 1.54) is 16.6 Å². The topological polar surface area (TPSA) is 56.0 Å². The molecular weight excluding hydrogens is 204 g/mol. The Hall–Kier alpha value is -0.390. The van der Waals surface area contributed by atoms with Crippen LogP contribution in [0.3, 0.4) is 0 Å². The molecule has 0 aliphatic heterocycles. The fourth-order valence-corrected chi connectivity index (χ4v) is 2.44. The van der Waals surface area contributed by atoms with Gasteiger partial charge in [0.15, 0.2) is 0 Å². The first-order chi connectivity index (χ1) is 6.24. The van der Waals surface area contributed by atoms with Crippen LogP contribution < -0.4 is 5.73 Å². The van der Waals surface area contributed by atoms with E-state index in [1.807, 2.05) is 12.4 Å². The van der Waals surface area contributed by atoms with Gasteiger partial charge in [-0.05, 0) is 13.3 Å². The highest BCUT2D eigenvalue weighted by molar-refractivity contribution is 8.13. The molecule has 0 aliphatic carbocycles. The highest BCUT2D eigenvalue weighted by Gasteiger charge is 2.03. The zero-order valence-corrected chi connectivity index (χ0v) is 9.08. The number of hydrogen-bond acceptors (Lipinski definition) is 5. The van der Waals surface area contributed by atoms with Crippen molar-refractivity contribution in [2.45, 2.75) is 13.3 Å². The highest BCUT2D eigenvalue weighted by atomic mass is 32.2. The van der Waals surface area contributed by atoms with E-state index >= 15 is 0 Å². The van der Waals surface area contributed by atoms with Gasteiger partial charge in [0, 0.05) is 10.6 Å². The van der Waals surface area contributed by atoms with E-state index in [9.17, 15) is 4.79 Å². The Kier molecular flexibility index (Phi) is 4.41. The van der Waals surface area contributed by atoms with Gasteiger partial charge in [-0.25, -0.2) is 4.98 Å². The summed E-state index contributed by atoms with van der Waals surface area (Å²) < 4.78 is 0. The van der Waals surface area contributed by atoms with E-state index in [0.29, 0.717) is 0 Å². The van der Waals surface area contributed by atoms with E-state index in [0.717, 1.165) is 17.9 Å². The minimum atomic E-state index is 0.0576. The first-order valence-corrected chi connectivity index (χ1v) is 5.85. The predicted molar refractivity (Wildman–Crippen MR) is 57.1 cm³/mol. The van der Waals surface area contributed by atoms with Crippen molar-refractivity contribution in [1.82, 2.24) is 4.98 Å². The van der Waals surface area contributed by atoms with Crippen molar-refractivity contribution in [3.8, 4) is 0 Å². The van der Waals surface area contributed by atoms with Gasteiger partial charge in [-0.2, -0.15) is 0 Å². The van der Waals surface area contributed by atoms with Gasteiger partial charge in [0.2, 0.25) is 5.12 Å². The zero-order chi connectivity index (χ0) is 9.68. The second kappa shape index (κ2) is 5.36. The SMILES string of the molecule is Cc1ncsc1CCSC(=O)CN. The quantitative estimate of drug-likeness (QED) is 0.822. The van der Waals surface area contributed by atoms with E-state index < -0.39 is 0 Å². The first kappa shape index (κ1) is 10.7. The van der Waals surface area contributed by atoms with Crippen molar-refractivity contribution >= 4 is 28.2 Å². The van der Waals surface area contributed by atoms with Crippen molar-refractivity contribution in [2.75, 3.05) is 12.3 Å². The van der Waals surface area contributed by atoms with Gasteiger partial charge in [0.05, 0.1) is 17.7 Å². The van der Waals surface area contributed by atoms with Gasteiger partial charge < -0.3 is 5.73 Å². The summed E-state index contributed by atoms with van der Waals surface area (Å²) in [6, 6.07) is 0. The third kappa shape index (κ3) is 3.46. The van der Waals surface area contributed by atoms with Gasteiger partial charge in [-0.15, -0.1) is 11.3 Å². The molecule has 0 fully saturated rings. The van der Waals surface area contributed by atoms with Crippen molar-refractivity contribution < 1.29 is 4.79 Å². The number of carbonyl (C=O) groups excluding carboxylic acids is 1. The Morgan fingerprint density at radius 2 is 2.54 bits per heavy atom. The summed E-state index contributed by atoms with van der Waals surface area (Å²) in [6.07, 6.45) is 0.910. The van der Waals surface area contributed by atoms with E-state index in [4.69, 9.17) is 5.73 Å². The van der Waals surface area contributed by atoms with E-state index in [-0.39, 0.29) is 11.7 Å². The minimum Gasteiger partial charge on any atom is -0.323 e. The van der Waals surface area contributed by atoms with Crippen LogP contribution in [-0.4, -0.2) is 22.4 Å². The summed E-state index contributed by atoms with van der Waals surface area (Å²) in [5.41, 5.74) is 8.09. The van der Waals surface area contributed by atoms with Crippen LogP contribution in [0.4, 0.5) is 0 Å². The van der Waals surface area contributed by atoms with Crippen LogP contribution >= 0.6 is 23.1 Å². The molecule has 5 heteroatoms. The fraction of sp³-hybridized carbons (Fsp3) is 0.500. The second-order valence-corrected chi connectivity index (χ2v) is 4.63. The summed E-state index contributed by atoms with van der Waals surface area (Å²) in [6.45, 7) is 2.12. The van der Waals surface area contributed by atoms with Crippen LogP contribution in [0, 0.1) is 6.92 Å². The van der Waals surface area contributed by atoms with Crippen LogP contribution in [0.2, 0.25) is 0 Å².